The lowest BCUT2D eigenvalue weighted by atomic mass is 10.2. The molecule has 1 fully saturated rings. The van der Waals surface area contributed by atoms with Crippen molar-refractivity contribution in [2.24, 2.45) is 0 Å². The molecule has 1 aliphatic rings. The van der Waals surface area contributed by atoms with Crippen LogP contribution in [0.4, 0.5) is 10.5 Å². The van der Waals surface area contributed by atoms with Gasteiger partial charge in [-0.2, -0.15) is 0 Å². The molecule has 6 nitrogen and oxygen atoms in total. The van der Waals surface area contributed by atoms with Crippen LogP contribution in [0.5, 0.6) is 5.75 Å². The Hall–Kier alpha value is -2.24. The number of carbonyl (C=O) groups excluding carboxylic acids is 2. The topological polar surface area (TPSA) is 76.7 Å². The van der Waals surface area contributed by atoms with Gasteiger partial charge < -0.3 is 20.1 Å². The molecular weight excluding hydrogens is 296 g/mol. The summed E-state index contributed by atoms with van der Waals surface area (Å²) in [5.74, 6) is 0.519. The summed E-state index contributed by atoms with van der Waals surface area (Å²) in [4.78, 5) is 24.3. The minimum atomic E-state index is -0.860. The van der Waals surface area contributed by atoms with Crippen molar-refractivity contribution in [2.75, 3.05) is 11.9 Å². The molecule has 0 spiro atoms. The molecule has 0 aromatic heterocycles. The Morgan fingerprint density at radius 1 is 1.17 bits per heavy atom. The highest BCUT2D eigenvalue weighted by Gasteiger charge is 2.52. The molecule has 2 amide bonds. The fraction of sp³-hybridized carbons (Fsp3) is 0.529. The van der Waals surface area contributed by atoms with Crippen LogP contribution >= 0.6 is 0 Å². The summed E-state index contributed by atoms with van der Waals surface area (Å²) >= 11 is 0. The average Bonchev–Trinajstić information content (AvgIpc) is 3.20. The van der Waals surface area contributed by atoms with Crippen molar-refractivity contribution in [1.82, 2.24) is 5.32 Å². The van der Waals surface area contributed by atoms with Gasteiger partial charge in [-0.1, -0.05) is 0 Å². The van der Waals surface area contributed by atoms with Crippen LogP contribution in [-0.4, -0.2) is 29.7 Å². The van der Waals surface area contributed by atoms with Crippen molar-refractivity contribution in [3.8, 4) is 5.75 Å². The lowest BCUT2D eigenvalue weighted by molar-refractivity contribution is -0.119. The Labute approximate surface area is 136 Å². The highest BCUT2D eigenvalue weighted by atomic mass is 16.6. The van der Waals surface area contributed by atoms with E-state index in [-0.39, 0.29) is 5.91 Å². The lowest BCUT2D eigenvalue weighted by Crippen LogP contribution is -2.47. The van der Waals surface area contributed by atoms with Gasteiger partial charge in [0, 0.05) is 5.69 Å². The smallest absolute Gasteiger partial charge is 0.408 e. The number of alkyl carbamates (subject to hydrolysis) is 1. The summed E-state index contributed by atoms with van der Waals surface area (Å²) in [7, 11) is 0. The van der Waals surface area contributed by atoms with Gasteiger partial charge in [-0.15, -0.1) is 0 Å². The molecule has 23 heavy (non-hydrogen) atoms. The fourth-order valence-corrected chi connectivity index (χ4v) is 2.08. The van der Waals surface area contributed by atoms with Crippen LogP contribution in [0.15, 0.2) is 24.3 Å². The maximum absolute atomic E-state index is 12.4. The number of anilines is 1. The van der Waals surface area contributed by atoms with Gasteiger partial charge in [0.25, 0.3) is 0 Å². The van der Waals surface area contributed by atoms with Crippen molar-refractivity contribution < 1.29 is 19.1 Å². The summed E-state index contributed by atoms with van der Waals surface area (Å²) < 4.78 is 10.6. The monoisotopic (exact) mass is 320 g/mol. The molecule has 1 aliphatic carbocycles. The zero-order valence-corrected chi connectivity index (χ0v) is 14.1. The van der Waals surface area contributed by atoms with Crippen LogP contribution in [0.1, 0.15) is 40.5 Å². The van der Waals surface area contributed by atoms with E-state index in [1.807, 2.05) is 6.92 Å². The van der Waals surface area contributed by atoms with Crippen LogP contribution in [-0.2, 0) is 9.53 Å². The SMILES string of the molecule is CCOc1ccc(NC(=O)C2(NC(=O)OC(C)(C)C)CC2)cc1. The standard InChI is InChI=1S/C17H24N2O4/c1-5-22-13-8-6-12(7-9-13)18-14(20)17(10-11-17)19-15(21)23-16(2,3)4/h6-9H,5,10-11H2,1-4H3,(H,18,20)(H,19,21). The molecule has 0 aliphatic heterocycles. The highest BCUT2D eigenvalue weighted by molar-refractivity contribution is 6.02. The molecular formula is C17H24N2O4. The van der Waals surface area contributed by atoms with Gasteiger partial charge in [0.2, 0.25) is 5.91 Å². The summed E-state index contributed by atoms with van der Waals surface area (Å²) in [6.45, 7) is 7.86. The largest absolute Gasteiger partial charge is 0.494 e. The van der Waals surface area contributed by atoms with Crippen molar-refractivity contribution in [2.45, 2.75) is 51.7 Å². The van der Waals surface area contributed by atoms with E-state index in [0.717, 1.165) is 5.75 Å². The van der Waals surface area contributed by atoms with Gasteiger partial charge in [0.15, 0.2) is 0 Å². The van der Waals surface area contributed by atoms with Gasteiger partial charge in [-0.3, -0.25) is 4.79 Å². The van der Waals surface area contributed by atoms with E-state index < -0.39 is 17.2 Å². The molecule has 0 atom stereocenters. The summed E-state index contributed by atoms with van der Waals surface area (Å²) in [6, 6.07) is 7.12. The van der Waals surface area contributed by atoms with Crippen LogP contribution in [0, 0.1) is 0 Å². The van der Waals surface area contributed by atoms with Crippen molar-refractivity contribution >= 4 is 17.7 Å². The first-order valence-electron chi connectivity index (χ1n) is 7.79. The van der Waals surface area contributed by atoms with E-state index in [1.54, 1.807) is 45.0 Å². The Balaban J connectivity index is 1.93. The van der Waals surface area contributed by atoms with Gasteiger partial charge >= 0.3 is 6.09 Å². The Kier molecular flexibility index (Phi) is 4.82. The first-order chi connectivity index (χ1) is 10.7. The predicted octanol–water partition coefficient (Wildman–Crippen LogP) is 3.08. The number of benzene rings is 1. The van der Waals surface area contributed by atoms with E-state index in [4.69, 9.17) is 9.47 Å². The molecule has 1 aromatic carbocycles. The second-order valence-corrected chi connectivity index (χ2v) is 6.62. The van der Waals surface area contributed by atoms with E-state index in [0.29, 0.717) is 25.1 Å². The number of rotatable bonds is 5. The number of nitrogens with one attached hydrogen (secondary N) is 2. The van der Waals surface area contributed by atoms with E-state index in [2.05, 4.69) is 10.6 Å². The molecule has 0 radical (unpaired) electrons. The van der Waals surface area contributed by atoms with Crippen LogP contribution in [0.2, 0.25) is 0 Å². The summed E-state index contributed by atoms with van der Waals surface area (Å²) in [5, 5.41) is 5.50. The van der Waals surface area contributed by atoms with E-state index >= 15 is 0 Å². The molecule has 6 heteroatoms. The number of carbonyl (C=O) groups is 2. The highest BCUT2D eigenvalue weighted by Crippen LogP contribution is 2.37. The molecule has 2 N–H and O–H groups in total. The molecule has 0 saturated heterocycles. The maximum atomic E-state index is 12.4. The third-order valence-electron chi connectivity index (χ3n) is 3.35. The Morgan fingerprint density at radius 3 is 2.26 bits per heavy atom. The summed E-state index contributed by atoms with van der Waals surface area (Å²) in [6.07, 6.45) is 0.640. The zero-order chi connectivity index (χ0) is 17.1. The molecule has 2 rings (SSSR count). The van der Waals surface area contributed by atoms with Crippen LogP contribution in [0.3, 0.4) is 0 Å². The van der Waals surface area contributed by atoms with Gasteiger partial charge in [0.05, 0.1) is 6.61 Å². The van der Waals surface area contributed by atoms with Crippen LogP contribution < -0.4 is 15.4 Å². The minimum absolute atomic E-state index is 0.229. The van der Waals surface area contributed by atoms with E-state index in [9.17, 15) is 9.59 Å². The first-order valence-corrected chi connectivity index (χ1v) is 7.79. The van der Waals surface area contributed by atoms with E-state index in [1.165, 1.54) is 0 Å². The second-order valence-electron chi connectivity index (χ2n) is 6.62. The molecule has 0 heterocycles. The van der Waals surface area contributed by atoms with Crippen LogP contribution in [0.25, 0.3) is 0 Å². The fourth-order valence-electron chi connectivity index (χ4n) is 2.08. The molecule has 0 unspecified atom stereocenters. The minimum Gasteiger partial charge on any atom is -0.494 e. The number of amides is 2. The third-order valence-corrected chi connectivity index (χ3v) is 3.35. The number of hydrogen-bond acceptors (Lipinski definition) is 4. The maximum Gasteiger partial charge on any atom is 0.408 e. The number of ether oxygens (including phenoxy) is 2. The third kappa shape index (κ3) is 4.87. The normalized spacial score (nSPS) is 15.5. The van der Waals surface area contributed by atoms with Gasteiger partial charge in [0.1, 0.15) is 16.9 Å². The van der Waals surface area contributed by atoms with Crippen molar-refractivity contribution in [3.63, 3.8) is 0 Å². The van der Waals surface area contributed by atoms with Gasteiger partial charge in [-0.05, 0) is 64.8 Å². The lowest BCUT2D eigenvalue weighted by Gasteiger charge is -2.23. The zero-order valence-electron chi connectivity index (χ0n) is 14.1. The quantitative estimate of drug-likeness (QED) is 0.874. The molecule has 1 saturated carbocycles. The van der Waals surface area contributed by atoms with Gasteiger partial charge in [-0.25, -0.2) is 4.79 Å². The van der Waals surface area contributed by atoms with Crippen molar-refractivity contribution in [1.29, 1.82) is 0 Å². The Morgan fingerprint density at radius 2 is 1.78 bits per heavy atom. The first kappa shape index (κ1) is 17.1. The summed E-state index contributed by atoms with van der Waals surface area (Å²) in [5.41, 5.74) is -0.789. The average molecular weight is 320 g/mol. The molecule has 0 bridgehead atoms. The Bertz CT molecular complexity index is 571. The molecule has 1 aromatic rings. The van der Waals surface area contributed by atoms with Crippen molar-refractivity contribution in [3.05, 3.63) is 24.3 Å². The molecule has 126 valence electrons. The second kappa shape index (κ2) is 6.48. The predicted molar refractivity (Wildman–Crippen MR) is 87.6 cm³/mol. The number of hydrogen-bond donors (Lipinski definition) is 2.